The van der Waals surface area contributed by atoms with Gasteiger partial charge in [-0.15, -0.1) is 11.8 Å². The van der Waals surface area contributed by atoms with Crippen LogP contribution in [0.4, 0.5) is 11.4 Å². The van der Waals surface area contributed by atoms with Crippen LogP contribution in [-0.2, 0) is 4.79 Å². The summed E-state index contributed by atoms with van der Waals surface area (Å²) in [5.41, 5.74) is 8.17. The maximum absolute atomic E-state index is 12.1. The number of nitrogens with zero attached hydrogens (tertiary/aromatic N) is 1. The van der Waals surface area contributed by atoms with Crippen molar-refractivity contribution in [3.8, 4) is 0 Å². The number of rotatable bonds is 1. The predicted octanol–water partition coefficient (Wildman–Crippen LogP) is 2.45. The molecule has 1 aliphatic rings. The Morgan fingerprint density at radius 1 is 1.33 bits per heavy atom. The van der Waals surface area contributed by atoms with Crippen molar-refractivity contribution in [2.45, 2.75) is 10.1 Å². The normalized spacial score (nSPS) is 18.0. The van der Waals surface area contributed by atoms with Gasteiger partial charge < -0.3 is 11.1 Å². The fourth-order valence-corrected chi connectivity index (χ4v) is 3.01. The summed E-state index contributed by atoms with van der Waals surface area (Å²) >= 11 is 1.50. The molecule has 0 bridgehead atoms. The highest BCUT2D eigenvalue weighted by Crippen LogP contribution is 2.44. The number of carbonyl (C=O) groups excluding carboxylic acids is 1. The summed E-state index contributed by atoms with van der Waals surface area (Å²) in [5, 5.41) is 2.62. The largest absolute Gasteiger partial charge is 0.399 e. The lowest BCUT2D eigenvalue weighted by Crippen LogP contribution is -2.23. The second kappa shape index (κ2) is 4.34. The SMILES string of the molecule is Nc1ccc2c(c1)SC(c1cccnc1)C(=O)N2. The fourth-order valence-electron chi connectivity index (χ4n) is 1.87. The summed E-state index contributed by atoms with van der Waals surface area (Å²) in [5.74, 6) is -0.0229. The summed E-state index contributed by atoms with van der Waals surface area (Å²) in [6, 6.07) is 9.22. The molecule has 0 radical (unpaired) electrons. The van der Waals surface area contributed by atoms with Crippen molar-refractivity contribution in [1.29, 1.82) is 0 Å². The molecule has 0 saturated carbocycles. The number of hydrogen-bond acceptors (Lipinski definition) is 4. The number of benzene rings is 1. The molecule has 5 heteroatoms. The molecule has 2 heterocycles. The molecule has 1 unspecified atom stereocenters. The maximum Gasteiger partial charge on any atom is 0.242 e. The van der Waals surface area contributed by atoms with Gasteiger partial charge in [-0.2, -0.15) is 0 Å². The number of amides is 1. The third-order valence-corrected chi connectivity index (χ3v) is 4.05. The Morgan fingerprint density at radius 2 is 2.22 bits per heavy atom. The topological polar surface area (TPSA) is 68.0 Å². The lowest BCUT2D eigenvalue weighted by molar-refractivity contribution is -0.115. The highest BCUT2D eigenvalue weighted by atomic mass is 32.2. The van der Waals surface area contributed by atoms with Gasteiger partial charge in [0.25, 0.3) is 0 Å². The van der Waals surface area contributed by atoms with E-state index in [1.165, 1.54) is 11.8 Å². The van der Waals surface area contributed by atoms with Gasteiger partial charge in [-0.3, -0.25) is 9.78 Å². The summed E-state index contributed by atoms with van der Waals surface area (Å²) in [6.45, 7) is 0. The molecular formula is C13H11N3OS. The Morgan fingerprint density at radius 3 is 3.00 bits per heavy atom. The van der Waals surface area contributed by atoms with Crippen LogP contribution in [0, 0.1) is 0 Å². The van der Waals surface area contributed by atoms with E-state index in [1.807, 2.05) is 24.3 Å². The average molecular weight is 257 g/mol. The van der Waals surface area contributed by atoms with E-state index in [4.69, 9.17) is 5.73 Å². The van der Waals surface area contributed by atoms with E-state index in [0.717, 1.165) is 16.1 Å². The van der Waals surface area contributed by atoms with Crippen molar-refractivity contribution in [3.05, 3.63) is 48.3 Å². The van der Waals surface area contributed by atoms with Crippen LogP contribution in [0.1, 0.15) is 10.8 Å². The zero-order valence-electron chi connectivity index (χ0n) is 9.46. The van der Waals surface area contributed by atoms with Gasteiger partial charge in [0.1, 0.15) is 5.25 Å². The Hall–Kier alpha value is -2.01. The lowest BCUT2D eigenvalue weighted by Gasteiger charge is -2.24. The van der Waals surface area contributed by atoms with Crippen LogP contribution in [0.2, 0.25) is 0 Å². The Labute approximate surface area is 109 Å². The van der Waals surface area contributed by atoms with Crippen LogP contribution in [0.5, 0.6) is 0 Å². The van der Waals surface area contributed by atoms with E-state index < -0.39 is 0 Å². The minimum absolute atomic E-state index is 0.0229. The second-order valence-electron chi connectivity index (χ2n) is 4.03. The molecule has 1 aliphatic heterocycles. The number of nitrogens with two attached hydrogens (primary N) is 1. The molecule has 0 aliphatic carbocycles. The van der Waals surface area contributed by atoms with Gasteiger partial charge in [-0.05, 0) is 29.8 Å². The molecule has 3 rings (SSSR count). The number of nitrogens with one attached hydrogen (secondary N) is 1. The van der Waals surface area contributed by atoms with Crippen molar-refractivity contribution in [2.75, 3.05) is 11.1 Å². The molecular weight excluding hydrogens is 246 g/mol. The van der Waals surface area contributed by atoms with Crippen molar-refractivity contribution < 1.29 is 4.79 Å². The van der Waals surface area contributed by atoms with Gasteiger partial charge in [0, 0.05) is 23.0 Å². The number of nitrogen functional groups attached to an aromatic ring is 1. The number of hydrogen-bond donors (Lipinski definition) is 2. The molecule has 0 saturated heterocycles. The number of anilines is 2. The highest BCUT2D eigenvalue weighted by molar-refractivity contribution is 8.00. The Balaban J connectivity index is 1.99. The van der Waals surface area contributed by atoms with Gasteiger partial charge in [0.15, 0.2) is 0 Å². The first-order valence-electron chi connectivity index (χ1n) is 5.51. The predicted molar refractivity (Wildman–Crippen MR) is 72.3 cm³/mol. The number of thioether (sulfide) groups is 1. The lowest BCUT2D eigenvalue weighted by atomic mass is 10.2. The molecule has 0 fully saturated rings. The van der Waals surface area contributed by atoms with Gasteiger partial charge in [0.05, 0.1) is 5.69 Å². The summed E-state index contributed by atoms with van der Waals surface area (Å²) in [6.07, 6.45) is 3.41. The number of pyridine rings is 1. The summed E-state index contributed by atoms with van der Waals surface area (Å²) in [4.78, 5) is 17.1. The van der Waals surface area contributed by atoms with Crippen LogP contribution in [-0.4, -0.2) is 10.9 Å². The first-order valence-corrected chi connectivity index (χ1v) is 6.39. The molecule has 4 nitrogen and oxygen atoms in total. The third kappa shape index (κ3) is 1.93. The zero-order valence-corrected chi connectivity index (χ0v) is 10.3. The van der Waals surface area contributed by atoms with Crippen LogP contribution >= 0.6 is 11.8 Å². The van der Waals surface area contributed by atoms with E-state index >= 15 is 0 Å². The Kier molecular flexibility index (Phi) is 2.68. The van der Waals surface area contributed by atoms with Crippen molar-refractivity contribution >= 4 is 29.0 Å². The van der Waals surface area contributed by atoms with Crippen molar-refractivity contribution in [3.63, 3.8) is 0 Å². The van der Waals surface area contributed by atoms with E-state index in [-0.39, 0.29) is 11.2 Å². The van der Waals surface area contributed by atoms with Crippen LogP contribution in [0.3, 0.4) is 0 Å². The quantitative estimate of drug-likeness (QED) is 0.770. The highest BCUT2D eigenvalue weighted by Gasteiger charge is 2.28. The van der Waals surface area contributed by atoms with Crippen LogP contribution in [0.25, 0.3) is 0 Å². The first-order chi connectivity index (χ1) is 8.74. The zero-order chi connectivity index (χ0) is 12.5. The van der Waals surface area contributed by atoms with Crippen LogP contribution in [0.15, 0.2) is 47.6 Å². The molecule has 2 aromatic rings. The molecule has 0 spiro atoms. The molecule has 1 aromatic carbocycles. The Bertz CT molecular complexity index is 600. The average Bonchev–Trinajstić information content (AvgIpc) is 2.39. The number of aromatic nitrogens is 1. The van der Waals surface area contributed by atoms with Gasteiger partial charge in [-0.25, -0.2) is 0 Å². The van der Waals surface area contributed by atoms with Crippen molar-refractivity contribution in [2.24, 2.45) is 0 Å². The number of fused-ring (bicyclic) bond motifs is 1. The third-order valence-electron chi connectivity index (χ3n) is 2.73. The van der Waals surface area contributed by atoms with E-state index in [1.54, 1.807) is 18.5 Å². The van der Waals surface area contributed by atoms with E-state index in [9.17, 15) is 4.79 Å². The molecule has 3 N–H and O–H groups in total. The standard InChI is InChI=1S/C13H11N3OS/c14-9-3-4-10-11(6-9)18-12(13(17)16-10)8-2-1-5-15-7-8/h1-7,12H,14H2,(H,16,17). The second-order valence-corrected chi connectivity index (χ2v) is 5.18. The molecule has 1 amide bonds. The summed E-state index contributed by atoms with van der Waals surface area (Å²) in [7, 11) is 0. The first kappa shape index (κ1) is 11.1. The van der Waals surface area contributed by atoms with Gasteiger partial charge in [0.2, 0.25) is 5.91 Å². The van der Waals surface area contributed by atoms with Gasteiger partial charge >= 0.3 is 0 Å². The molecule has 90 valence electrons. The molecule has 1 aromatic heterocycles. The summed E-state index contributed by atoms with van der Waals surface area (Å²) < 4.78 is 0. The monoisotopic (exact) mass is 257 g/mol. The number of carbonyl (C=O) groups is 1. The molecule has 1 atom stereocenters. The minimum atomic E-state index is -0.270. The maximum atomic E-state index is 12.1. The fraction of sp³-hybridized carbons (Fsp3) is 0.0769. The van der Waals surface area contributed by atoms with Gasteiger partial charge in [-0.1, -0.05) is 6.07 Å². The van der Waals surface area contributed by atoms with Crippen LogP contribution < -0.4 is 11.1 Å². The van der Waals surface area contributed by atoms with Crippen molar-refractivity contribution in [1.82, 2.24) is 4.98 Å². The smallest absolute Gasteiger partial charge is 0.242 e. The van der Waals surface area contributed by atoms with E-state index in [0.29, 0.717) is 5.69 Å². The molecule has 18 heavy (non-hydrogen) atoms. The minimum Gasteiger partial charge on any atom is -0.399 e. The van der Waals surface area contributed by atoms with E-state index in [2.05, 4.69) is 10.3 Å².